The van der Waals surface area contributed by atoms with Crippen LogP contribution in [-0.4, -0.2) is 21.8 Å². The van der Waals surface area contributed by atoms with Crippen LogP contribution in [0.5, 0.6) is 0 Å². The molecule has 0 saturated carbocycles. The van der Waals surface area contributed by atoms with Crippen LogP contribution >= 0.6 is 0 Å². The Morgan fingerprint density at radius 2 is 0.826 bits per heavy atom. The van der Waals surface area contributed by atoms with Gasteiger partial charge in [0.25, 0.3) is 0 Å². The molecule has 9 aromatic rings. The quantitative estimate of drug-likeness (QED) is 0.148. The summed E-state index contributed by atoms with van der Waals surface area (Å²) in [6.45, 7) is 11.3. The second-order valence-electron chi connectivity index (χ2n) is 19.3. The Kier molecular flexibility index (Phi) is 10.0. The number of aromatic nitrogens is 1. The van der Waals surface area contributed by atoms with Crippen molar-refractivity contribution in [2.45, 2.75) is 50.0 Å². The zero-order valence-electron chi connectivity index (χ0n) is 39.4. The summed E-state index contributed by atoms with van der Waals surface area (Å²) in [7, 11) is 2.16. The Bertz CT molecular complexity index is 3430. The maximum absolute atomic E-state index is 5.34. The fourth-order valence-electron chi connectivity index (χ4n) is 12.7. The Hall–Kier alpha value is -7.06. The smallest absolute Gasteiger partial charge is 0.0688 e. The molecule has 1 aliphatic heterocycles. The second-order valence-corrected chi connectivity index (χ2v) is 19.3. The van der Waals surface area contributed by atoms with Crippen molar-refractivity contribution in [1.82, 2.24) is 14.8 Å². The van der Waals surface area contributed by atoms with Crippen LogP contribution < -0.4 is 0 Å². The van der Waals surface area contributed by atoms with Gasteiger partial charge in [0.05, 0.1) is 16.6 Å². The summed E-state index contributed by atoms with van der Waals surface area (Å²) in [5.74, 6) is 0.331. The first-order valence-electron chi connectivity index (χ1n) is 24.0. The van der Waals surface area contributed by atoms with E-state index < -0.39 is 16.4 Å². The molecule has 8 aromatic carbocycles. The minimum atomic E-state index is -0.795. The summed E-state index contributed by atoms with van der Waals surface area (Å²) < 4.78 is 0. The van der Waals surface area contributed by atoms with Crippen molar-refractivity contribution < 1.29 is 21.1 Å². The largest absolute Gasteiger partial charge is 0.508 e. The van der Waals surface area contributed by atoms with E-state index in [0.29, 0.717) is 5.92 Å². The molecule has 0 atom stereocenters. The van der Waals surface area contributed by atoms with Crippen molar-refractivity contribution in [2.75, 3.05) is 7.05 Å². The maximum atomic E-state index is 5.34. The monoisotopic (exact) mass is 1070 g/mol. The van der Waals surface area contributed by atoms with Gasteiger partial charge in [0.1, 0.15) is 0 Å². The first-order valence-corrected chi connectivity index (χ1v) is 24.0. The summed E-state index contributed by atoms with van der Waals surface area (Å²) in [6, 6.07) is 80.9. The Morgan fingerprint density at radius 3 is 1.26 bits per heavy atom. The van der Waals surface area contributed by atoms with E-state index >= 15 is 0 Å². The molecule has 0 spiro atoms. The third-order valence-corrected chi connectivity index (χ3v) is 15.9. The van der Waals surface area contributed by atoms with Gasteiger partial charge in [-0.15, -0.1) is 22.3 Å². The van der Waals surface area contributed by atoms with E-state index in [4.69, 9.17) is 4.98 Å². The molecule has 0 unspecified atom stereocenters. The molecule has 0 N–H and O–H groups in total. The standard InChI is InChI=1S/C65H50N3.Pt/c1-42(2)45-36-37-66-62(38-45)64(58-32-14-8-26-52(58)53-27-9-15-33-59(53)64)48-22-18-20-46(39-48)63(56-30-12-6-24-50(56)51-25-7-13-31-57(51)63)47-21-19-23-49(40-47)65(68-41-67(5)43(3)44(68)4)60-34-16-10-28-54(60)55-29-11-17-35-61(55)65;/h6-38,41-42H,1-5H3;/q-3;. The molecule has 338 valence electrons. The van der Waals surface area contributed by atoms with E-state index in [1.54, 1.807) is 0 Å². The normalized spacial score (nSPS) is 16.1. The summed E-state index contributed by atoms with van der Waals surface area (Å²) in [4.78, 5) is 10.1. The molecule has 69 heavy (non-hydrogen) atoms. The van der Waals surface area contributed by atoms with Crippen LogP contribution in [0, 0.1) is 18.8 Å². The molecule has 4 aliphatic rings. The van der Waals surface area contributed by atoms with Crippen molar-refractivity contribution in [1.29, 1.82) is 0 Å². The maximum Gasteiger partial charge on any atom is 0.0688 e. The van der Waals surface area contributed by atoms with Gasteiger partial charge in [-0.05, 0) is 123 Å². The molecule has 0 radical (unpaired) electrons. The van der Waals surface area contributed by atoms with Crippen molar-refractivity contribution >= 4 is 0 Å². The fourth-order valence-corrected chi connectivity index (χ4v) is 12.7. The molecular formula is C65H50N3Pt-3. The van der Waals surface area contributed by atoms with Gasteiger partial charge in [0.15, 0.2) is 0 Å². The van der Waals surface area contributed by atoms with Crippen LogP contribution in [0.3, 0.4) is 0 Å². The number of allylic oxidation sites excluding steroid dienone is 2. The second kappa shape index (κ2) is 16.0. The predicted octanol–water partition coefficient (Wildman–Crippen LogP) is 14.4. The molecule has 0 fully saturated rings. The van der Waals surface area contributed by atoms with Gasteiger partial charge in [0, 0.05) is 32.7 Å². The third-order valence-electron chi connectivity index (χ3n) is 15.9. The number of hydrogen-bond acceptors (Lipinski definition) is 3. The number of hydrogen-bond donors (Lipinski definition) is 0. The molecule has 0 saturated heterocycles. The van der Waals surface area contributed by atoms with Gasteiger partial charge < -0.3 is 9.80 Å². The van der Waals surface area contributed by atoms with E-state index in [9.17, 15) is 0 Å². The predicted molar refractivity (Wildman–Crippen MR) is 275 cm³/mol. The fraction of sp³-hybridized carbons (Fsp3) is 0.138. The molecule has 2 heterocycles. The molecule has 13 rings (SSSR count). The molecule has 0 amide bonds. The first kappa shape index (κ1) is 43.2. The summed E-state index contributed by atoms with van der Waals surface area (Å²) in [5.41, 5.74) is 21.6. The van der Waals surface area contributed by atoms with Gasteiger partial charge in [-0.25, -0.2) is 0 Å². The topological polar surface area (TPSA) is 19.4 Å². The van der Waals surface area contributed by atoms with Crippen molar-refractivity contribution in [3.8, 4) is 33.4 Å². The van der Waals surface area contributed by atoms with Crippen LogP contribution in [-0.2, 0) is 37.4 Å². The van der Waals surface area contributed by atoms with Crippen LogP contribution in [0.4, 0.5) is 0 Å². The van der Waals surface area contributed by atoms with Crippen molar-refractivity contribution in [3.63, 3.8) is 0 Å². The number of rotatable bonds is 7. The SMILES string of the molecule is CC1=C(C)N(C2(c3[c-]c(C4(c5[c-]c(C6(c7cc(C(C)C)ccn7)c7ccccc7-c7ccccc76)ccc5)c5ccccc5-c5ccccc54)ccc3)c3ccccc3-c3ccccc32)[CH-]N1C.[Pt]. The van der Waals surface area contributed by atoms with Crippen LogP contribution in [0.1, 0.15) is 101 Å². The summed E-state index contributed by atoms with van der Waals surface area (Å²) in [6.07, 6.45) is 2.01. The van der Waals surface area contributed by atoms with Crippen molar-refractivity contribution in [3.05, 3.63) is 297 Å². The number of benzene rings is 8. The third kappa shape index (κ3) is 5.69. The average Bonchev–Trinajstić information content (AvgIpc) is 4.06. The zero-order valence-corrected chi connectivity index (χ0v) is 41.6. The average molecular weight is 1070 g/mol. The zero-order chi connectivity index (χ0) is 45.9. The van der Waals surface area contributed by atoms with E-state index in [2.05, 4.69) is 257 Å². The van der Waals surface area contributed by atoms with E-state index in [1.165, 1.54) is 83.7 Å². The van der Waals surface area contributed by atoms with Crippen molar-refractivity contribution in [2.24, 2.45) is 0 Å². The molecule has 4 heteroatoms. The summed E-state index contributed by atoms with van der Waals surface area (Å²) >= 11 is 0. The number of pyridine rings is 1. The number of fused-ring (bicyclic) bond motifs is 9. The van der Waals surface area contributed by atoms with Gasteiger partial charge >= 0.3 is 0 Å². The Labute approximate surface area is 421 Å². The van der Waals surface area contributed by atoms with Gasteiger partial charge in [-0.2, -0.15) is 55.2 Å². The van der Waals surface area contributed by atoms with E-state index in [1.807, 2.05) is 6.20 Å². The van der Waals surface area contributed by atoms with Gasteiger partial charge in [-0.3, -0.25) is 4.98 Å². The minimum absolute atomic E-state index is 0. The molecule has 3 aliphatic carbocycles. The van der Waals surface area contributed by atoms with E-state index in [-0.39, 0.29) is 21.1 Å². The minimum Gasteiger partial charge on any atom is -0.508 e. The van der Waals surface area contributed by atoms with Gasteiger partial charge in [0.2, 0.25) is 0 Å². The Balaban J connectivity index is 0.00000492. The molecule has 3 nitrogen and oxygen atoms in total. The molecule has 1 aromatic heterocycles. The van der Waals surface area contributed by atoms with Crippen LogP contribution in [0.2, 0.25) is 0 Å². The first-order chi connectivity index (χ1) is 33.3. The van der Waals surface area contributed by atoms with Gasteiger partial charge in [-0.1, -0.05) is 159 Å². The molecular weight excluding hydrogens is 1020 g/mol. The van der Waals surface area contributed by atoms with Crippen LogP contribution in [0.25, 0.3) is 33.4 Å². The number of nitrogens with zero attached hydrogens (tertiary/aromatic N) is 3. The van der Waals surface area contributed by atoms with E-state index in [0.717, 1.165) is 27.9 Å². The molecule has 0 bridgehead atoms. The summed E-state index contributed by atoms with van der Waals surface area (Å²) in [5, 5.41) is 0. The van der Waals surface area contributed by atoms with Crippen LogP contribution in [0.15, 0.2) is 212 Å². The Morgan fingerprint density at radius 1 is 0.449 bits per heavy atom.